The lowest BCUT2D eigenvalue weighted by Crippen LogP contribution is -2.17. The van der Waals surface area contributed by atoms with Crippen LogP contribution in [0.2, 0.25) is 0 Å². The number of ether oxygens (including phenoxy) is 1. The van der Waals surface area contributed by atoms with E-state index < -0.39 is 5.97 Å². The van der Waals surface area contributed by atoms with Crippen LogP contribution in [0.25, 0.3) is 10.9 Å². The van der Waals surface area contributed by atoms with Crippen LogP contribution >= 0.6 is 0 Å². The number of nitrogens with one attached hydrogen (secondary N) is 1. The quantitative estimate of drug-likeness (QED) is 0.405. The Morgan fingerprint density at radius 3 is 2.50 bits per heavy atom. The molecule has 6 heteroatoms. The molecule has 0 aliphatic carbocycles. The van der Waals surface area contributed by atoms with Crippen molar-refractivity contribution in [3.63, 3.8) is 0 Å². The second-order valence-electron chi connectivity index (χ2n) is 7.78. The van der Waals surface area contributed by atoms with Crippen molar-refractivity contribution in [2.24, 2.45) is 0 Å². The summed E-state index contributed by atoms with van der Waals surface area (Å²) in [6, 6.07) is 20.1. The number of carbonyl (C=O) groups is 1. The van der Waals surface area contributed by atoms with Crippen LogP contribution in [0.4, 0.5) is 4.39 Å². The van der Waals surface area contributed by atoms with Gasteiger partial charge < -0.3 is 19.7 Å². The highest BCUT2D eigenvalue weighted by Gasteiger charge is 2.22. The first-order valence-corrected chi connectivity index (χ1v) is 10.4. The lowest BCUT2D eigenvalue weighted by Gasteiger charge is -2.11. The highest BCUT2D eigenvalue weighted by molar-refractivity contribution is 5.98. The largest absolute Gasteiger partial charge is 0.497 e. The minimum absolute atomic E-state index is 0.238. The topological polar surface area (TPSA) is 63.5 Å². The molecule has 4 rings (SSSR count). The molecule has 1 heterocycles. The second kappa shape index (κ2) is 9.24. The number of aromatic nitrogens is 1. The maximum atomic E-state index is 14.0. The number of aromatic carboxylic acids is 1. The van der Waals surface area contributed by atoms with Gasteiger partial charge in [-0.3, -0.25) is 0 Å². The molecule has 0 spiro atoms. The van der Waals surface area contributed by atoms with Crippen LogP contribution in [0.15, 0.2) is 66.7 Å². The summed E-state index contributed by atoms with van der Waals surface area (Å²) >= 11 is 0. The molecule has 0 bridgehead atoms. The number of benzene rings is 3. The molecule has 0 atom stereocenters. The normalized spacial score (nSPS) is 11.1. The van der Waals surface area contributed by atoms with E-state index in [0.717, 1.165) is 27.8 Å². The summed E-state index contributed by atoms with van der Waals surface area (Å²) in [6.45, 7) is 3.02. The molecule has 0 saturated heterocycles. The molecule has 3 aromatic carbocycles. The van der Waals surface area contributed by atoms with Crippen molar-refractivity contribution in [1.82, 2.24) is 9.88 Å². The number of nitrogens with zero attached hydrogens (tertiary/aromatic N) is 1. The summed E-state index contributed by atoms with van der Waals surface area (Å²) in [5, 5.41) is 14.2. The number of hydrogen-bond donors (Lipinski definition) is 2. The van der Waals surface area contributed by atoms with Crippen molar-refractivity contribution in [2.45, 2.75) is 26.6 Å². The third-order valence-electron chi connectivity index (χ3n) is 5.60. The first kappa shape index (κ1) is 21.6. The van der Waals surface area contributed by atoms with Gasteiger partial charge in [-0.25, -0.2) is 9.18 Å². The van der Waals surface area contributed by atoms with Crippen molar-refractivity contribution in [1.29, 1.82) is 0 Å². The minimum atomic E-state index is -0.991. The zero-order valence-electron chi connectivity index (χ0n) is 18.1. The molecule has 0 aliphatic rings. The van der Waals surface area contributed by atoms with E-state index in [1.54, 1.807) is 25.3 Å². The number of hydrogen-bond acceptors (Lipinski definition) is 3. The van der Waals surface area contributed by atoms with Gasteiger partial charge in [0, 0.05) is 41.7 Å². The SMILES string of the molecule is COc1ccc(Cn2c(C(=O)O)c(CNCc3ccccc3F)c3ccc(C)cc32)cc1. The van der Waals surface area contributed by atoms with Gasteiger partial charge in [0.2, 0.25) is 0 Å². The van der Waals surface area contributed by atoms with Crippen LogP contribution in [0.5, 0.6) is 5.75 Å². The molecule has 4 aromatic rings. The molecule has 0 aliphatic heterocycles. The zero-order chi connectivity index (χ0) is 22.7. The van der Waals surface area contributed by atoms with Crippen LogP contribution in [-0.4, -0.2) is 22.8 Å². The highest BCUT2D eigenvalue weighted by atomic mass is 19.1. The van der Waals surface area contributed by atoms with Gasteiger partial charge in [-0.1, -0.05) is 42.5 Å². The molecule has 0 radical (unpaired) electrons. The van der Waals surface area contributed by atoms with E-state index in [1.165, 1.54) is 6.07 Å². The Labute approximate surface area is 186 Å². The van der Waals surface area contributed by atoms with Gasteiger partial charge in [-0.15, -0.1) is 0 Å². The van der Waals surface area contributed by atoms with E-state index >= 15 is 0 Å². The average molecular weight is 432 g/mol. The first-order valence-electron chi connectivity index (χ1n) is 10.4. The molecule has 0 fully saturated rings. The van der Waals surface area contributed by atoms with Crippen molar-refractivity contribution >= 4 is 16.9 Å². The molecule has 164 valence electrons. The van der Waals surface area contributed by atoms with Gasteiger partial charge in [0.15, 0.2) is 0 Å². The smallest absolute Gasteiger partial charge is 0.352 e. The molecule has 32 heavy (non-hydrogen) atoms. The third-order valence-corrected chi connectivity index (χ3v) is 5.60. The Morgan fingerprint density at radius 1 is 1.06 bits per heavy atom. The number of carboxylic acids is 1. The van der Waals surface area contributed by atoms with Crippen LogP contribution in [-0.2, 0) is 19.6 Å². The van der Waals surface area contributed by atoms with Gasteiger partial charge >= 0.3 is 5.97 Å². The Hall–Kier alpha value is -3.64. The average Bonchev–Trinajstić information content (AvgIpc) is 3.08. The first-order chi connectivity index (χ1) is 15.5. The van der Waals surface area contributed by atoms with Crippen LogP contribution < -0.4 is 10.1 Å². The fourth-order valence-corrected chi connectivity index (χ4v) is 4.00. The van der Waals surface area contributed by atoms with Gasteiger partial charge in [0.1, 0.15) is 17.3 Å². The molecule has 0 unspecified atom stereocenters. The predicted molar refractivity (Wildman–Crippen MR) is 123 cm³/mol. The van der Waals surface area contributed by atoms with E-state index in [4.69, 9.17) is 4.74 Å². The fraction of sp³-hybridized carbons (Fsp3) is 0.192. The number of methoxy groups -OCH3 is 1. The van der Waals surface area contributed by atoms with Crippen molar-refractivity contribution < 1.29 is 19.0 Å². The maximum absolute atomic E-state index is 14.0. The Kier molecular flexibility index (Phi) is 6.23. The highest BCUT2D eigenvalue weighted by Crippen LogP contribution is 2.29. The van der Waals surface area contributed by atoms with E-state index in [0.29, 0.717) is 30.8 Å². The summed E-state index contributed by atoms with van der Waals surface area (Å²) in [5.74, 6) is -0.524. The van der Waals surface area contributed by atoms with E-state index in [9.17, 15) is 14.3 Å². The maximum Gasteiger partial charge on any atom is 0.352 e. The van der Waals surface area contributed by atoms with E-state index in [-0.39, 0.29) is 11.5 Å². The summed E-state index contributed by atoms with van der Waals surface area (Å²) < 4.78 is 21.0. The van der Waals surface area contributed by atoms with Crippen molar-refractivity contribution in [3.05, 3.63) is 100 Å². The van der Waals surface area contributed by atoms with Crippen molar-refractivity contribution in [2.75, 3.05) is 7.11 Å². The molecular formula is C26H25FN2O3. The molecule has 5 nitrogen and oxygen atoms in total. The van der Waals surface area contributed by atoms with Gasteiger partial charge in [-0.05, 0) is 42.3 Å². The van der Waals surface area contributed by atoms with Gasteiger partial charge in [0.25, 0.3) is 0 Å². The lowest BCUT2D eigenvalue weighted by molar-refractivity contribution is 0.0684. The van der Waals surface area contributed by atoms with E-state index in [2.05, 4.69) is 5.32 Å². The van der Waals surface area contributed by atoms with Gasteiger partial charge in [0.05, 0.1) is 7.11 Å². The molecule has 1 aromatic heterocycles. The number of aryl methyl sites for hydroxylation is 1. The molecule has 0 amide bonds. The monoisotopic (exact) mass is 432 g/mol. The molecule has 0 saturated carbocycles. The van der Waals surface area contributed by atoms with E-state index in [1.807, 2.05) is 54.0 Å². The number of halogens is 1. The van der Waals surface area contributed by atoms with Gasteiger partial charge in [-0.2, -0.15) is 0 Å². The third kappa shape index (κ3) is 4.36. The number of fused-ring (bicyclic) bond motifs is 1. The summed E-state index contributed by atoms with van der Waals surface area (Å²) in [5.41, 5.74) is 4.36. The summed E-state index contributed by atoms with van der Waals surface area (Å²) in [6.07, 6.45) is 0. The predicted octanol–water partition coefficient (Wildman–Crippen LogP) is 5.13. The van der Waals surface area contributed by atoms with Crippen LogP contribution in [0.3, 0.4) is 0 Å². The fourth-order valence-electron chi connectivity index (χ4n) is 4.00. The summed E-state index contributed by atoms with van der Waals surface area (Å²) in [4.78, 5) is 12.3. The number of carboxylic acid groups (broad SMARTS) is 1. The molecular weight excluding hydrogens is 407 g/mol. The Balaban J connectivity index is 1.72. The Morgan fingerprint density at radius 2 is 1.81 bits per heavy atom. The number of rotatable bonds is 8. The zero-order valence-corrected chi connectivity index (χ0v) is 18.1. The standard InChI is InChI=1S/C26H25FN2O3/c1-17-7-12-21-22(15-28-14-19-5-3-4-6-23(19)27)25(26(30)31)29(24(21)13-17)16-18-8-10-20(32-2)11-9-18/h3-13,28H,14-16H2,1-2H3,(H,30,31). The minimum Gasteiger partial charge on any atom is -0.497 e. The van der Waals surface area contributed by atoms with Crippen LogP contribution in [0, 0.1) is 12.7 Å². The van der Waals surface area contributed by atoms with Crippen molar-refractivity contribution in [3.8, 4) is 5.75 Å². The molecule has 2 N–H and O–H groups in total. The second-order valence-corrected chi connectivity index (χ2v) is 7.78. The summed E-state index contributed by atoms with van der Waals surface area (Å²) in [7, 11) is 1.61. The van der Waals surface area contributed by atoms with Crippen LogP contribution in [0.1, 0.15) is 32.7 Å². The lowest BCUT2D eigenvalue weighted by atomic mass is 10.1. The Bertz CT molecular complexity index is 1260.